The van der Waals surface area contributed by atoms with Crippen LogP contribution < -0.4 is 5.32 Å². The number of hydrogen-bond acceptors (Lipinski definition) is 5. The third-order valence-corrected chi connectivity index (χ3v) is 5.70. The van der Waals surface area contributed by atoms with Gasteiger partial charge in [0.1, 0.15) is 5.82 Å². The minimum atomic E-state index is -0.113. The van der Waals surface area contributed by atoms with Crippen LogP contribution in [0.4, 0.5) is 0 Å². The van der Waals surface area contributed by atoms with Crippen molar-refractivity contribution < 1.29 is 4.79 Å². The molecule has 0 aromatic carbocycles. The second kappa shape index (κ2) is 6.05. The molecule has 2 aliphatic heterocycles. The molecule has 4 rings (SSSR count). The summed E-state index contributed by atoms with van der Waals surface area (Å²) in [6.07, 6.45) is 0.929. The normalized spacial score (nSPS) is 23.5. The molecule has 7 heteroatoms. The van der Waals surface area contributed by atoms with Crippen LogP contribution in [0.25, 0.3) is 0 Å². The van der Waals surface area contributed by atoms with Crippen molar-refractivity contribution in [3.8, 4) is 0 Å². The van der Waals surface area contributed by atoms with Gasteiger partial charge in [-0.25, -0.2) is 0 Å². The largest absolute Gasteiger partial charge is 0.350 e. The van der Waals surface area contributed by atoms with E-state index in [1.54, 1.807) is 0 Å². The molecule has 0 bridgehead atoms. The van der Waals surface area contributed by atoms with Gasteiger partial charge < -0.3 is 9.88 Å². The Labute approximate surface area is 139 Å². The topological polar surface area (TPSA) is 63.1 Å². The average Bonchev–Trinajstić information content (AvgIpc) is 3.23. The third-order valence-electron chi connectivity index (χ3n) is 4.84. The van der Waals surface area contributed by atoms with E-state index < -0.39 is 0 Å². The van der Waals surface area contributed by atoms with E-state index in [0.717, 1.165) is 38.4 Å². The first-order chi connectivity index (χ1) is 11.2. The van der Waals surface area contributed by atoms with Crippen molar-refractivity contribution in [2.45, 2.75) is 26.4 Å². The highest BCUT2D eigenvalue weighted by molar-refractivity contribution is 7.09. The zero-order valence-corrected chi connectivity index (χ0v) is 14.1. The number of carbonyl (C=O) groups excluding carboxylic acids is 1. The number of thiophene rings is 1. The molecular weight excluding hydrogens is 310 g/mol. The van der Waals surface area contributed by atoms with Gasteiger partial charge in [0.05, 0.1) is 0 Å². The van der Waals surface area contributed by atoms with Gasteiger partial charge in [0.25, 0.3) is 5.91 Å². The molecule has 1 amide bonds. The predicted molar refractivity (Wildman–Crippen MR) is 88.3 cm³/mol. The fourth-order valence-electron chi connectivity index (χ4n) is 3.78. The maximum atomic E-state index is 12.1. The van der Waals surface area contributed by atoms with Crippen LogP contribution in [-0.4, -0.2) is 45.2 Å². The van der Waals surface area contributed by atoms with Crippen molar-refractivity contribution in [3.05, 3.63) is 34.0 Å². The molecule has 4 heterocycles. The summed E-state index contributed by atoms with van der Waals surface area (Å²) in [4.78, 5) is 16.1. The maximum absolute atomic E-state index is 12.1. The van der Waals surface area contributed by atoms with Crippen molar-refractivity contribution in [1.29, 1.82) is 0 Å². The van der Waals surface area contributed by atoms with Crippen molar-refractivity contribution in [1.82, 2.24) is 25.0 Å². The number of hydrogen-bond donors (Lipinski definition) is 1. The SMILES string of the molecule is CCNC(=O)c1nnc2n1C[C@@H]1CN(Cc3cccs3)C[C@@H]1C2. The summed E-state index contributed by atoms with van der Waals surface area (Å²) in [6.45, 7) is 6.64. The molecule has 1 saturated heterocycles. The molecule has 1 N–H and O–H groups in total. The van der Waals surface area contributed by atoms with Crippen LogP contribution in [0, 0.1) is 11.8 Å². The van der Waals surface area contributed by atoms with Gasteiger partial charge in [-0.1, -0.05) is 6.07 Å². The van der Waals surface area contributed by atoms with Crippen molar-refractivity contribution in [2.24, 2.45) is 11.8 Å². The number of likely N-dealkylation sites (tertiary alicyclic amines) is 1. The Bertz CT molecular complexity index is 695. The lowest BCUT2D eigenvalue weighted by Gasteiger charge is -2.25. The van der Waals surface area contributed by atoms with Crippen molar-refractivity contribution >= 4 is 17.2 Å². The van der Waals surface area contributed by atoms with Crippen LogP contribution in [0.3, 0.4) is 0 Å². The highest BCUT2D eigenvalue weighted by Gasteiger charge is 2.39. The average molecular weight is 331 g/mol. The summed E-state index contributed by atoms with van der Waals surface area (Å²) in [5.41, 5.74) is 0. The summed E-state index contributed by atoms with van der Waals surface area (Å²) in [5.74, 6) is 2.54. The number of fused-ring (bicyclic) bond motifs is 2. The van der Waals surface area contributed by atoms with Gasteiger partial charge in [0.15, 0.2) is 0 Å². The minimum Gasteiger partial charge on any atom is -0.350 e. The molecule has 2 aromatic rings. The van der Waals surface area contributed by atoms with Crippen molar-refractivity contribution in [3.63, 3.8) is 0 Å². The van der Waals surface area contributed by atoms with Gasteiger partial charge in [0, 0.05) is 44.0 Å². The Morgan fingerprint density at radius 2 is 2.22 bits per heavy atom. The lowest BCUT2D eigenvalue weighted by molar-refractivity contribution is 0.0937. The van der Waals surface area contributed by atoms with Crippen LogP contribution in [0.15, 0.2) is 17.5 Å². The fourth-order valence-corrected chi connectivity index (χ4v) is 4.53. The highest BCUT2D eigenvalue weighted by atomic mass is 32.1. The predicted octanol–water partition coefficient (Wildman–Crippen LogP) is 1.39. The fraction of sp³-hybridized carbons (Fsp3) is 0.562. The molecule has 0 saturated carbocycles. The van der Waals surface area contributed by atoms with Gasteiger partial charge in [-0.05, 0) is 30.2 Å². The number of aromatic nitrogens is 3. The molecule has 0 radical (unpaired) electrons. The minimum absolute atomic E-state index is 0.113. The van der Waals surface area contributed by atoms with Crippen LogP contribution >= 0.6 is 11.3 Å². The number of amides is 1. The molecule has 122 valence electrons. The summed E-state index contributed by atoms with van der Waals surface area (Å²) in [7, 11) is 0. The number of nitrogens with one attached hydrogen (secondary N) is 1. The van der Waals surface area contributed by atoms with Gasteiger partial charge >= 0.3 is 0 Å². The first kappa shape index (κ1) is 14.8. The first-order valence-electron chi connectivity index (χ1n) is 8.19. The zero-order chi connectivity index (χ0) is 15.8. The van der Waals surface area contributed by atoms with Gasteiger partial charge in [-0.2, -0.15) is 0 Å². The quantitative estimate of drug-likeness (QED) is 0.920. The van der Waals surface area contributed by atoms with Crippen LogP contribution in [0.5, 0.6) is 0 Å². The van der Waals surface area contributed by atoms with Crippen LogP contribution in [0.2, 0.25) is 0 Å². The Morgan fingerprint density at radius 1 is 1.35 bits per heavy atom. The molecule has 2 atom stereocenters. The molecule has 1 fully saturated rings. The summed E-state index contributed by atoms with van der Waals surface area (Å²) in [5, 5.41) is 13.3. The summed E-state index contributed by atoms with van der Waals surface area (Å²) < 4.78 is 2.03. The molecular formula is C16H21N5OS. The Kier molecular flexibility index (Phi) is 3.90. The lowest BCUT2D eigenvalue weighted by atomic mass is 9.89. The summed E-state index contributed by atoms with van der Waals surface area (Å²) in [6, 6.07) is 4.32. The molecule has 0 aliphatic carbocycles. The molecule has 6 nitrogen and oxygen atoms in total. The number of carbonyl (C=O) groups is 1. The Hall–Kier alpha value is -1.73. The van der Waals surface area contributed by atoms with E-state index in [0.29, 0.717) is 24.2 Å². The van der Waals surface area contributed by atoms with E-state index in [2.05, 4.69) is 37.9 Å². The molecule has 2 aliphatic rings. The Morgan fingerprint density at radius 3 is 3.00 bits per heavy atom. The molecule has 2 aromatic heterocycles. The molecule has 0 spiro atoms. The highest BCUT2D eigenvalue weighted by Crippen LogP contribution is 2.33. The van der Waals surface area contributed by atoms with Gasteiger partial charge in [-0.3, -0.25) is 9.69 Å². The van der Waals surface area contributed by atoms with E-state index >= 15 is 0 Å². The summed E-state index contributed by atoms with van der Waals surface area (Å²) >= 11 is 1.82. The van der Waals surface area contributed by atoms with E-state index in [4.69, 9.17) is 0 Å². The first-order valence-corrected chi connectivity index (χ1v) is 9.07. The van der Waals surface area contributed by atoms with Crippen LogP contribution in [-0.2, 0) is 19.5 Å². The Balaban J connectivity index is 1.47. The number of rotatable bonds is 4. The third kappa shape index (κ3) is 2.79. The van der Waals surface area contributed by atoms with Crippen LogP contribution in [0.1, 0.15) is 28.2 Å². The molecule has 0 unspecified atom stereocenters. The molecule has 23 heavy (non-hydrogen) atoms. The van der Waals surface area contributed by atoms with E-state index in [-0.39, 0.29) is 5.91 Å². The van der Waals surface area contributed by atoms with E-state index in [1.807, 2.05) is 22.8 Å². The standard InChI is InChI=1S/C16H21N5OS/c1-2-17-16(22)15-19-18-14-6-11-7-20(8-12(11)9-21(14)15)10-13-4-3-5-23-13/h3-5,11-12H,2,6-10H2,1H3,(H,17,22)/t11-,12-/m0/s1. The smallest absolute Gasteiger partial charge is 0.289 e. The lowest BCUT2D eigenvalue weighted by Crippen LogP contribution is -2.33. The van der Waals surface area contributed by atoms with E-state index in [1.165, 1.54) is 4.88 Å². The second-order valence-electron chi connectivity index (χ2n) is 6.41. The zero-order valence-electron chi connectivity index (χ0n) is 13.2. The van der Waals surface area contributed by atoms with Crippen molar-refractivity contribution in [2.75, 3.05) is 19.6 Å². The monoisotopic (exact) mass is 331 g/mol. The second-order valence-corrected chi connectivity index (χ2v) is 7.44. The van der Waals surface area contributed by atoms with E-state index in [9.17, 15) is 4.79 Å². The van der Waals surface area contributed by atoms with Gasteiger partial charge in [0.2, 0.25) is 5.82 Å². The maximum Gasteiger partial charge on any atom is 0.289 e. The number of nitrogens with zero attached hydrogens (tertiary/aromatic N) is 4. The van der Waals surface area contributed by atoms with Gasteiger partial charge in [-0.15, -0.1) is 21.5 Å².